The van der Waals surface area contributed by atoms with Crippen LogP contribution in [0.5, 0.6) is 0 Å². The van der Waals surface area contributed by atoms with Crippen molar-refractivity contribution in [2.45, 2.75) is 143 Å². The van der Waals surface area contributed by atoms with E-state index in [0.29, 0.717) is 30.1 Å². The number of halogens is 1. The van der Waals surface area contributed by atoms with Gasteiger partial charge in [0.15, 0.2) is 0 Å². The van der Waals surface area contributed by atoms with E-state index in [1.54, 1.807) is 25.3 Å². The number of hydrogen-bond donors (Lipinski definition) is 3. The van der Waals surface area contributed by atoms with Gasteiger partial charge < -0.3 is 30.7 Å². The number of piperidine rings is 1. The number of benzene rings is 1. The highest BCUT2D eigenvalue weighted by molar-refractivity contribution is 7.09. The molecule has 12 nitrogen and oxygen atoms in total. The molecule has 14 heteroatoms. The summed E-state index contributed by atoms with van der Waals surface area (Å²) in [4.78, 5) is 63.6. The third-order valence-corrected chi connectivity index (χ3v) is 12.0. The van der Waals surface area contributed by atoms with Crippen molar-refractivity contribution < 1.29 is 33.0 Å². The number of nitrogens with zero attached hydrogens (tertiary/aromatic N) is 3. The zero-order valence-corrected chi connectivity index (χ0v) is 36.6. The summed E-state index contributed by atoms with van der Waals surface area (Å²) in [5.74, 6) is -2.41. The Morgan fingerprint density at radius 2 is 1.84 bits per heavy atom. The summed E-state index contributed by atoms with van der Waals surface area (Å²) < 4.78 is 26.2. The van der Waals surface area contributed by atoms with Crippen LogP contribution in [0.3, 0.4) is 0 Å². The topological polar surface area (TPSA) is 156 Å². The quantitative estimate of drug-likeness (QED) is 0.106. The maximum atomic E-state index is 14.6. The number of thiazole rings is 1. The molecule has 320 valence electrons. The normalized spacial score (nSPS) is 17.9. The van der Waals surface area contributed by atoms with Crippen molar-refractivity contribution in [3.8, 4) is 0 Å². The van der Waals surface area contributed by atoms with Crippen LogP contribution in [0, 0.1) is 24.6 Å². The fraction of sp³-hybridized carbons (Fsp3) is 0.698. The first kappa shape index (κ1) is 47.9. The summed E-state index contributed by atoms with van der Waals surface area (Å²) in [5, 5.41) is 8.38. The summed E-state index contributed by atoms with van der Waals surface area (Å²) in [6.07, 6.45) is 4.72. The average molecular weight is 817 g/mol. The molecule has 1 aliphatic rings. The Kier molecular flexibility index (Phi) is 20.0. The van der Waals surface area contributed by atoms with Crippen LogP contribution in [-0.2, 0) is 23.9 Å². The fourth-order valence-electron chi connectivity index (χ4n) is 7.35. The molecule has 0 radical (unpaired) electrons. The molecule has 57 heavy (non-hydrogen) atoms. The van der Waals surface area contributed by atoms with E-state index in [0.717, 1.165) is 50.6 Å². The number of likely N-dealkylation sites (tertiary alicyclic amines) is 1. The lowest BCUT2D eigenvalue weighted by molar-refractivity contribution is -0.149. The molecule has 1 fully saturated rings. The van der Waals surface area contributed by atoms with E-state index >= 15 is 0 Å². The highest BCUT2D eigenvalue weighted by atomic mass is 32.1. The lowest BCUT2D eigenvalue weighted by Gasteiger charge is -2.40. The summed E-state index contributed by atoms with van der Waals surface area (Å²) in [5.41, 5.74) is 7.13. The SMILES string of the molecule is CCCO[C@H](C[C@H](C(C)C)N(CCC)C(=O)[C@@H](NC(=O)[C@H]1CCCCN1C)[C@@H](C)CC)c1nc(C(=O)NCC[C@@H](C(=O)OC(C)CN)c2cc(F)ccc2C)cs1. The number of rotatable bonds is 23. The maximum absolute atomic E-state index is 14.6. The first-order valence-electron chi connectivity index (χ1n) is 21.0. The van der Waals surface area contributed by atoms with Gasteiger partial charge in [-0.2, -0.15) is 0 Å². The van der Waals surface area contributed by atoms with E-state index in [1.807, 2.05) is 39.6 Å². The third-order valence-electron chi connectivity index (χ3n) is 11.0. The Morgan fingerprint density at radius 1 is 1.11 bits per heavy atom. The minimum Gasteiger partial charge on any atom is -0.461 e. The molecule has 2 heterocycles. The van der Waals surface area contributed by atoms with Crippen LogP contribution in [-0.4, -0.2) is 103 Å². The van der Waals surface area contributed by atoms with Crippen LogP contribution >= 0.6 is 11.3 Å². The summed E-state index contributed by atoms with van der Waals surface area (Å²) in [6.45, 7) is 17.9. The number of likely N-dealkylation sites (N-methyl/N-ethyl adjacent to an activating group) is 1. The first-order valence-corrected chi connectivity index (χ1v) is 21.9. The molecule has 3 amide bonds. The predicted octanol–water partition coefficient (Wildman–Crippen LogP) is 6.52. The van der Waals surface area contributed by atoms with Gasteiger partial charge in [-0.15, -0.1) is 11.3 Å². The third kappa shape index (κ3) is 13.8. The second-order valence-corrected chi connectivity index (χ2v) is 16.8. The summed E-state index contributed by atoms with van der Waals surface area (Å²) >= 11 is 1.33. The number of hydrogen-bond acceptors (Lipinski definition) is 10. The lowest BCUT2D eigenvalue weighted by atomic mass is 9.91. The van der Waals surface area contributed by atoms with E-state index < -0.39 is 41.9 Å². The number of aryl methyl sites for hydroxylation is 1. The second-order valence-electron chi connectivity index (χ2n) is 16.0. The van der Waals surface area contributed by atoms with Crippen molar-refractivity contribution in [3.05, 3.63) is 51.2 Å². The number of nitrogens with two attached hydrogens (primary N) is 1. The van der Waals surface area contributed by atoms with E-state index in [2.05, 4.69) is 29.4 Å². The van der Waals surface area contributed by atoms with Crippen molar-refractivity contribution in [1.29, 1.82) is 0 Å². The number of ether oxygens (including phenoxy) is 2. The first-order chi connectivity index (χ1) is 27.2. The van der Waals surface area contributed by atoms with Crippen LogP contribution in [0.2, 0.25) is 0 Å². The van der Waals surface area contributed by atoms with Gasteiger partial charge >= 0.3 is 5.97 Å². The van der Waals surface area contributed by atoms with E-state index in [4.69, 9.17) is 20.2 Å². The highest BCUT2D eigenvalue weighted by Crippen LogP contribution is 2.32. The number of carbonyl (C=O) groups excluding carboxylic acids is 4. The number of aromatic nitrogens is 1. The molecule has 0 spiro atoms. The second kappa shape index (κ2) is 23.8. The molecule has 0 aliphatic carbocycles. The van der Waals surface area contributed by atoms with Gasteiger partial charge in [-0.1, -0.05) is 60.5 Å². The smallest absolute Gasteiger partial charge is 0.313 e. The number of nitrogens with one attached hydrogen (secondary N) is 2. The van der Waals surface area contributed by atoms with Gasteiger partial charge in [-0.25, -0.2) is 9.37 Å². The zero-order valence-electron chi connectivity index (χ0n) is 35.8. The fourth-order valence-corrected chi connectivity index (χ4v) is 8.21. The molecule has 1 aliphatic heterocycles. The molecule has 1 unspecified atom stereocenters. The molecule has 1 aromatic carbocycles. The Hall–Kier alpha value is -3.46. The molecular weight excluding hydrogens is 748 g/mol. The lowest BCUT2D eigenvalue weighted by Crippen LogP contribution is -2.58. The number of carbonyl (C=O) groups is 4. The van der Waals surface area contributed by atoms with Crippen molar-refractivity contribution in [1.82, 2.24) is 25.4 Å². The Morgan fingerprint density at radius 3 is 2.47 bits per heavy atom. The summed E-state index contributed by atoms with van der Waals surface area (Å²) in [6, 6.07) is 3.14. The minimum atomic E-state index is -0.809. The zero-order chi connectivity index (χ0) is 42.2. The molecule has 0 saturated carbocycles. The molecular formula is C43H69FN6O6S. The largest absolute Gasteiger partial charge is 0.461 e. The predicted molar refractivity (Wildman–Crippen MR) is 223 cm³/mol. The number of esters is 1. The molecule has 7 atom stereocenters. The van der Waals surface area contributed by atoms with Crippen LogP contribution in [0.1, 0.15) is 138 Å². The summed E-state index contributed by atoms with van der Waals surface area (Å²) in [7, 11) is 1.97. The standard InChI is InChI=1S/C43H69FN6O6S/c1-10-20-50(42(53)38(28(6)12-3)48-40(52)35-15-13-14-21-49(35)9)36(27(4)5)24-37(55-22-11-2)41-47-34(26-57-41)39(51)46-19-18-32(43(54)56-30(8)25-45)33-23-31(44)17-16-29(33)7/h16-17,23,26-28,30,32,35-38H,10-15,18-22,24-25,45H2,1-9H3,(H,46,51)(H,48,52)/t28-,30?,32+,35+,36+,37+,38-/m0/s1. The van der Waals surface area contributed by atoms with Gasteiger partial charge in [0.1, 0.15) is 34.8 Å². The van der Waals surface area contributed by atoms with E-state index in [-0.39, 0.29) is 60.9 Å². The van der Waals surface area contributed by atoms with Gasteiger partial charge in [0.2, 0.25) is 11.8 Å². The van der Waals surface area contributed by atoms with Gasteiger partial charge in [0.25, 0.3) is 5.91 Å². The van der Waals surface area contributed by atoms with E-state index in [1.165, 1.54) is 23.5 Å². The van der Waals surface area contributed by atoms with Gasteiger partial charge in [-0.3, -0.25) is 24.1 Å². The van der Waals surface area contributed by atoms with Crippen LogP contribution in [0.25, 0.3) is 0 Å². The van der Waals surface area contributed by atoms with Crippen molar-refractivity contribution in [3.63, 3.8) is 0 Å². The molecule has 4 N–H and O–H groups in total. The van der Waals surface area contributed by atoms with Crippen LogP contribution in [0.4, 0.5) is 4.39 Å². The molecule has 1 aromatic heterocycles. The molecule has 1 saturated heterocycles. The van der Waals surface area contributed by atoms with Gasteiger partial charge in [0.05, 0.1) is 12.0 Å². The average Bonchev–Trinajstić information content (AvgIpc) is 3.69. The van der Waals surface area contributed by atoms with Crippen molar-refractivity contribution in [2.75, 3.05) is 39.8 Å². The maximum Gasteiger partial charge on any atom is 0.313 e. The van der Waals surface area contributed by atoms with Crippen molar-refractivity contribution in [2.24, 2.45) is 17.6 Å². The Bertz CT molecular complexity index is 1590. The van der Waals surface area contributed by atoms with Crippen LogP contribution in [0.15, 0.2) is 23.6 Å². The van der Waals surface area contributed by atoms with Gasteiger partial charge in [0, 0.05) is 44.1 Å². The number of amides is 3. The van der Waals surface area contributed by atoms with Crippen LogP contribution < -0.4 is 16.4 Å². The monoisotopic (exact) mass is 816 g/mol. The van der Waals surface area contributed by atoms with Crippen molar-refractivity contribution >= 4 is 35.0 Å². The van der Waals surface area contributed by atoms with E-state index in [9.17, 15) is 23.6 Å². The van der Waals surface area contributed by atoms with Gasteiger partial charge in [-0.05, 0) is 94.6 Å². The molecule has 2 aromatic rings. The Labute approximate surface area is 344 Å². The molecule has 0 bridgehead atoms. The highest BCUT2D eigenvalue weighted by Gasteiger charge is 2.38. The molecule has 3 rings (SSSR count). The Balaban J connectivity index is 1.81. The minimum absolute atomic E-state index is 0.0583.